The Kier molecular flexibility index (Phi) is 7.10. The highest BCUT2D eigenvalue weighted by atomic mass is 35.5. The standard InChI is InChI=1S/C26H20Cl2FNO6/c1-34-19-9-8-13(10-16(19)27)30-23(14-6-4-5-7-18(14)29)22(25(32)26(30)33)24(31)15-11-21(36-3)17(28)12-20(15)35-2/h4-12,23,31H,1-3H3/b24-22+. The van der Waals surface area contributed by atoms with Crippen molar-refractivity contribution in [2.45, 2.75) is 6.04 Å². The van der Waals surface area contributed by atoms with Crippen LogP contribution in [-0.2, 0) is 9.59 Å². The lowest BCUT2D eigenvalue weighted by Crippen LogP contribution is -2.29. The molecule has 3 aromatic carbocycles. The molecule has 1 fully saturated rings. The molecule has 0 bridgehead atoms. The second kappa shape index (κ2) is 10.1. The number of carbonyl (C=O) groups is 2. The highest BCUT2D eigenvalue weighted by Gasteiger charge is 2.48. The molecule has 1 unspecified atom stereocenters. The lowest BCUT2D eigenvalue weighted by atomic mass is 9.94. The summed E-state index contributed by atoms with van der Waals surface area (Å²) in [6, 6.07) is 11.6. The number of rotatable bonds is 6. The summed E-state index contributed by atoms with van der Waals surface area (Å²) in [6.45, 7) is 0. The van der Waals surface area contributed by atoms with Crippen molar-refractivity contribution in [1.82, 2.24) is 0 Å². The Balaban J connectivity index is 2.01. The largest absolute Gasteiger partial charge is 0.507 e. The molecule has 7 nitrogen and oxygen atoms in total. The molecule has 0 aromatic heterocycles. The fraction of sp³-hybridized carbons (Fsp3) is 0.154. The highest BCUT2D eigenvalue weighted by Crippen LogP contribution is 2.46. The lowest BCUT2D eigenvalue weighted by Gasteiger charge is -2.26. The fourth-order valence-electron chi connectivity index (χ4n) is 4.09. The van der Waals surface area contributed by atoms with Gasteiger partial charge in [0, 0.05) is 17.3 Å². The normalized spacial score (nSPS) is 16.8. The highest BCUT2D eigenvalue weighted by molar-refractivity contribution is 6.52. The Morgan fingerprint density at radius 1 is 0.889 bits per heavy atom. The molecule has 186 valence electrons. The van der Waals surface area contributed by atoms with E-state index in [0.29, 0.717) is 5.75 Å². The average Bonchev–Trinajstić information content (AvgIpc) is 3.13. The molecule has 0 saturated carbocycles. The van der Waals surface area contributed by atoms with E-state index in [2.05, 4.69) is 0 Å². The van der Waals surface area contributed by atoms with E-state index in [4.69, 9.17) is 37.4 Å². The Morgan fingerprint density at radius 3 is 2.14 bits per heavy atom. The predicted octanol–water partition coefficient (Wildman–Crippen LogP) is 5.78. The first-order valence-electron chi connectivity index (χ1n) is 10.5. The number of amides is 1. The Hall–Kier alpha value is -3.75. The van der Waals surface area contributed by atoms with E-state index >= 15 is 4.39 Å². The van der Waals surface area contributed by atoms with E-state index < -0.39 is 29.3 Å². The number of hydrogen-bond donors (Lipinski definition) is 1. The second-order valence-electron chi connectivity index (χ2n) is 7.70. The zero-order valence-electron chi connectivity index (χ0n) is 19.3. The second-order valence-corrected chi connectivity index (χ2v) is 8.51. The van der Waals surface area contributed by atoms with Crippen LogP contribution in [0.1, 0.15) is 17.2 Å². The number of aliphatic hydroxyl groups is 1. The van der Waals surface area contributed by atoms with Gasteiger partial charge in [0.05, 0.1) is 48.6 Å². The number of anilines is 1. The lowest BCUT2D eigenvalue weighted by molar-refractivity contribution is -0.132. The van der Waals surface area contributed by atoms with Crippen molar-refractivity contribution in [3.05, 3.63) is 87.2 Å². The van der Waals surface area contributed by atoms with Crippen molar-refractivity contribution in [3.8, 4) is 17.2 Å². The van der Waals surface area contributed by atoms with Gasteiger partial charge < -0.3 is 19.3 Å². The summed E-state index contributed by atoms with van der Waals surface area (Å²) in [6.07, 6.45) is 0. The van der Waals surface area contributed by atoms with Crippen LogP contribution >= 0.6 is 23.2 Å². The summed E-state index contributed by atoms with van der Waals surface area (Å²) in [5.41, 5.74) is -0.119. The van der Waals surface area contributed by atoms with E-state index in [1.807, 2.05) is 0 Å². The molecule has 3 aromatic rings. The molecule has 10 heteroatoms. The summed E-state index contributed by atoms with van der Waals surface area (Å²) < 4.78 is 30.8. The van der Waals surface area contributed by atoms with E-state index in [1.165, 1.54) is 69.9 Å². The average molecular weight is 532 g/mol. The molecular weight excluding hydrogens is 512 g/mol. The number of ether oxygens (including phenoxy) is 3. The number of Topliss-reactive ketones (excluding diaryl/α,β-unsaturated/α-hetero) is 1. The number of carbonyl (C=O) groups excluding carboxylic acids is 2. The van der Waals surface area contributed by atoms with Gasteiger partial charge in [0.25, 0.3) is 11.7 Å². The monoisotopic (exact) mass is 531 g/mol. The summed E-state index contributed by atoms with van der Waals surface area (Å²) in [4.78, 5) is 27.7. The molecule has 1 N–H and O–H groups in total. The summed E-state index contributed by atoms with van der Waals surface area (Å²) in [5, 5.41) is 11.8. The van der Waals surface area contributed by atoms with Crippen LogP contribution < -0.4 is 19.1 Å². The number of methoxy groups -OCH3 is 3. The number of halogens is 3. The maximum absolute atomic E-state index is 15.1. The van der Waals surface area contributed by atoms with E-state index in [9.17, 15) is 14.7 Å². The Bertz CT molecular complexity index is 1410. The molecule has 4 rings (SSSR count). The maximum atomic E-state index is 15.1. The number of hydrogen-bond acceptors (Lipinski definition) is 6. The molecule has 1 amide bonds. The van der Waals surface area contributed by atoms with Gasteiger partial charge in [-0.3, -0.25) is 14.5 Å². The van der Waals surface area contributed by atoms with Crippen LogP contribution in [-0.4, -0.2) is 38.1 Å². The Morgan fingerprint density at radius 2 is 1.53 bits per heavy atom. The Labute approximate surface area is 216 Å². The maximum Gasteiger partial charge on any atom is 0.300 e. The van der Waals surface area contributed by atoms with Crippen molar-refractivity contribution < 1.29 is 33.3 Å². The first-order chi connectivity index (χ1) is 17.2. The summed E-state index contributed by atoms with van der Waals surface area (Å²) in [5.74, 6) is -2.62. The molecule has 1 saturated heterocycles. The van der Waals surface area contributed by atoms with Crippen molar-refractivity contribution in [2.75, 3.05) is 26.2 Å². The summed E-state index contributed by atoms with van der Waals surface area (Å²) in [7, 11) is 4.16. The zero-order valence-corrected chi connectivity index (χ0v) is 20.9. The van der Waals surface area contributed by atoms with Gasteiger partial charge in [-0.05, 0) is 30.3 Å². The number of benzene rings is 3. The predicted molar refractivity (Wildman–Crippen MR) is 134 cm³/mol. The molecular formula is C26H20Cl2FNO6. The van der Waals surface area contributed by atoms with Gasteiger partial charge in [0.1, 0.15) is 28.8 Å². The molecule has 1 aliphatic rings. The number of ketones is 1. The minimum Gasteiger partial charge on any atom is -0.507 e. The van der Waals surface area contributed by atoms with Gasteiger partial charge in [0.2, 0.25) is 0 Å². The van der Waals surface area contributed by atoms with Crippen LogP contribution in [0, 0.1) is 5.82 Å². The third kappa shape index (κ3) is 4.23. The third-order valence-corrected chi connectivity index (χ3v) is 6.38. The fourth-order valence-corrected chi connectivity index (χ4v) is 4.57. The SMILES string of the molecule is COc1ccc(N2C(=O)C(=O)/C(=C(/O)c3cc(OC)c(Cl)cc3OC)C2c2ccccc2F)cc1Cl. The van der Waals surface area contributed by atoms with Crippen molar-refractivity contribution in [3.63, 3.8) is 0 Å². The molecule has 1 aliphatic heterocycles. The van der Waals surface area contributed by atoms with Gasteiger partial charge in [-0.2, -0.15) is 0 Å². The zero-order chi connectivity index (χ0) is 26.1. The molecule has 0 spiro atoms. The van der Waals surface area contributed by atoms with Gasteiger partial charge in [-0.25, -0.2) is 4.39 Å². The first kappa shape index (κ1) is 25.3. The molecule has 0 aliphatic carbocycles. The minimum absolute atomic E-state index is 0.00918. The van der Waals surface area contributed by atoms with E-state index in [0.717, 1.165) is 4.90 Å². The first-order valence-corrected chi connectivity index (χ1v) is 11.3. The smallest absolute Gasteiger partial charge is 0.300 e. The number of aliphatic hydroxyl groups excluding tert-OH is 1. The van der Waals surface area contributed by atoms with Gasteiger partial charge in [0.15, 0.2) is 0 Å². The molecule has 1 atom stereocenters. The summed E-state index contributed by atoms with van der Waals surface area (Å²) >= 11 is 12.5. The van der Waals surface area contributed by atoms with E-state index in [1.54, 1.807) is 6.07 Å². The third-order valence-electron chi connectivity index (χ3n) is 5.79. The van der Waals surface area contributed by atoms with Crippen LogP contribution in [0.25, 0.3) is 5.76 Å². The van der Waals surface area contributed by atoms with Crippen LogP contribution in [0.15, 0.2) is 60.2 Å². The van der Waals surface area contributed by atoms with Gasteiger partial charge in [-0.1, -0.05) is 41.4 Å². The molecule has 1 heterocycles. The molecule has 36 heavy (non-hydrogen) atoms. The van der Waals surface area contributed by atoms with Crippen molar-refractivity contribution in [2.24, 2.45) is 0 Å². The van der Waals surface area contributed by atoms with Crippen LogP contribution in [0.3, 0.4) is 0 Å². The van der Waals surface area contributed by atoms with Gasteiger partial charge >= 0.3 is 0 Å². The van der Waals surface area contributed by atoms with Crippen LogP contribution in [0.2, 0.25) is 10.0 Å². The minimum atomic E-state index is -1.32. The van der Waals surface area contributed by atoms with Gasteiger partial charge in [-0.15, -0.1) is 0 Å². The number of nitrogens with zero attached hydrogens (tertiary/aromatic N) is 1. The topological polar surface area (TPSA) is 85.3 Å². The van der Waals surface area contributed by atoms with Crippen LogP contribution in [0.4, 0.5) is 10.1 Å². The van der Waals surface area contributed by atoms with Crippen LogP contribution in [0.5, 0.6) is 17.2 Å². The van der Waals surface area contributed by atoms with E-state index in [-0.39, 0.29) is 43.9 Å². The molecule has 0 radical (unpaired) electrons. The quantitative estimate of drug-likeness (QED) is 0.246. The van der Waals surface area contributed by atoms with Crippen molar-refractivity contribution >= 4 is 46.3 Å². The van der Waals surface area contributed by atoms with Crippen molar-refractivity contribution in [1.29, 1.82) is 0 Å².